The largest absolute Gasteiger partial charge is 0.490 e. The van der Waals surface area contributed by atoms with Crippen molar-refractivity contribution in [2.45, 2.75) is 38.6 Å². The average Bonchev–Trinajstić information content (AvgIpc) is 2.47. The zero-order valence-electron chi connectivity index (χ0n) is 11.7. The molecule has 1 N–H and O–H groups in total. The fraction of sp³-hybridized carbons (Fsp3) is 0.529. The van der Waals surface area contributed by atoms with Crippen LogP contribution in [0.1, 0.15) is 37.7 Å². The van der Waals surface area contributed by atoms with Crippen molar-refractivity contribution >= 4 is 0 Å². The van der Waals surface area contributed by atoms with Crippen LogP contribution in [0, 0.1) is 5.92 Å². The van der Waals surface area contributed by atoms with Crippen molar-refractivity contribution in [3.8, 4) is 5.75 Å². The highest BCUT2D eigenvalue weighted by molar-refractivity contribution is 5.27. The van der Waals surface area contributed by atoms with E-state index in [-0.39, 0.29) is 0 Å². The second-order valence-electron chi connectivity index (χ2n) is 5.38. The number of benzene rings is 1. The van der Waals surface area contributed by atoms with Crippen LogP contribution in [0.15, 0.2) is 36.9 Å². The molecule has 0 atom stereocenters. The molecular weight excluding hydrogens is 234 g/mol. The summed E-state index contributed by atoms with van der Waals surface area (Å²) in [6, 6.07) is 8.32. The molecule has 0 spiro atoms. The van der Waals surface area contributed by atoms with Crippen LogP contribution < -0.4 is 10.1 Å². The third-order valence-electron chi connectivity index (χ3n) is 3.78. The van der Waals surface area contributed by atoms with Gasteiger partial charge < -0.3 is 10.1 Å². The molecule has 104 valence electrons. The maximum Gasteiger partial charge on any atom is 0.119 e. The van der Waals surface area contributed by atoms with Crippen LogP contribution in [0.25, 0.3) is 0 Å². The number of hydrogen-bond acceptors (Lipinski definition) is 2. The molecule has 19 heavy (non-hydrogen) atoms. The topological polar surface area (TPSA) is 21.3 Å². The van der Waals surface area contributed by atoms with E-state index in [1.165, 1.54) is 37.7 Å². The molecule has 1 aromatic carbocycles. The fourth-order valence-electron chi connectivity index (χ4n) is 2.67. The number of nitrogens with one attached hydrogen (secondary N) is 1. The first-order valence-corrected chi connectivity index (χ1v) is 7.42. The molecule has 2 heteroatoms. The van der Waals surface area contributed by atoms with Crippen molar-refractivity contribution in [2.75, 3.05) is 13.2 Å². The predicted molar refractivity (Wildman–Crippen MR) is 80.4 cm³/mol. The smallest absolute Gasteiger partial charge is 0.119 e. The normalized spacial score (nSPS) is 16.2. The summed E-state index contributed by atoms with van der Waals surface area (Å²) in [6.45, 7) is 6.33. The molecule has 0 unspecified atom stereocenters. The molecule has 0 aromatic heterocycles. The van der Waals surface area contributed by atoms with Gasteiger partial charge in [-0.15, -0.1) is 0 Å². The van der Waals surface area contributed by atoms with Crippen LogP contribution in [-0.2, 0) is 6.54 Å². The molecule has 2 rings (SSSR count). The molecule has 0 heterocycles. The molecule has 2 nitrogen and oxygen atoms in total. The van der Waals surface area contributed by atoms with E-state index >= 15 is 0 Å². The molecule has 0 bridgehead atoms. The number of ether oxygens (including phenoxy) is 1. The van der Waals surface area contributed by atoms with Crippen molar-refractivity contribution in [1.82, 2.24) is 5.32 Å². The highest BCUT2D eigenvalue weighted by Crippen LogP contribution is 2.22. The molecule has 1 saturated carbocycles. The van der Waals surface area contributed by atoms with Crippen LogP contribution in [0.2, 0.25) is 0 Å². The SMILES string of the molecule is C=CCOc1ccc(CNCC2CCCCC2)cc1. The Kier molecular flexibility index (Phi) is 5.96. The highest BCUT2D eigenvalue weighted by Gasteiger charge is 2.12. The fourth-order valence-corrected chi connectivity index (χ4v) is 2.67. The molecule has 0 amide bonds. The number of hydrogen-bond donors (Lipinski definition) is 1. The van der Waals surface area contributed by atoms with Crippen LogP contribution >= 0.6 is 0 Å². The summed E-state index contributed by atoms with van der Waals surface area (Å²) < 4.78 is 5.47. The van der Waals surface area contributed by atoms with Gasteiger partial charge in [0.1, 0.15) is 12.4 Å². The quantitative estimate of drug-likeness (QED) is 0.749. The molecule has 1 aliphatic rings. The van der Waals surface area contributed by atoms with Gasteiger partial charge in [-0.3, -0.25) is 0 Å². The summed E-state index contributed by atoms with van der Waals surface area (Å²) in [7, 11) is 0. The highest BCUT2D eigenvalue weighted by atomic mass is 16.5. The molecule has 0 saturated heterocycles. The summed E-state index contributed by atoms with van der Waals surface area (Å²) in [4.78, 5) is 0. The first-order valence-electron chi connectivity index (χ1n) is 7.42. The maximum atomic E-state index is 5.47. The molecule has 1 fully saturated rings. The van der Waals surface area contributed by atoms with E-state index in [0.717, 1.165) is 24.8 Å². The van der Waals surface area contributed by atoms with E-state index in [1.807, 2.05) is 12.1 Å². The Bertz CT molecular complexity index is 365. The second-order valence-corrected chi connectivity index (χ2v) is 5.38. The van der Waals surface area contributed by atoms with Crippen LogP contribution in [0.4, 0.5) is 0 Å². The lowest BCUT2D eigenvalue weighted by Gasteiger charge is -2.21. The van der Waals surface area contributed by atoms with Crippen molar-refractivity contribution in [1.29, 1.82) is 0 Å². The second kappa shape index (κ2) is 8.00. The molecule has 0 aliphatic heterocycles. The van der Waals surface area contributed by atoms with Crippen LogP contribution in [0.3, 0.4) is 0 Å². The van der Waals surface area contributed by atoms with Gasteiger partial charge in [0.25, 0.3) is 0 Å². The summed E-state index contributed by atoms with van der Waals surface area (Å²) in [5.74, 6) is 1.81. The summed E-state index contributed by atoms with van der Waals surface area (Å²) in [6.07, 6.45) is 8.84. The van der Waals surface area contributed by atoms with Gasteiger partial charge in [-0.25, -0.2) is 0 Å². The number of rotatable bonds is 7. The third kappa shape index (κ3) is 5.07. The van der Waals surface area contributed by atoms with E-state index in [9.17, 15) is 0 Å². The van der Waals surface area contributed by atoms with E-state index in [4.69, 9.17) is 4.74 Å². The minimum absolute atomic E-state index is 0.569. The minimum atomic E-state index is 0.569. The van der Waals surface area contributed by atoms with Crippen molar-refractivity contribution in [3.63, 3.8) is 0 Å². The van der Waals surface area contributed by atoms with Gasteiger partial charge in [0.15, 0.2) is 0 Å². The van der Waals surface area contributed by atoms with Gasteiger partial charge in [-0.1, -0.05) is 44.1 Å². The van der Waals surface area contributed by atoms with E-state index in [0.29, 0.717) is 6.61 Å². The van der Waals surface area contributed by atoms with Crippen molar-refractivity contribution < 1.29 is 4.74 Å². The summed E-state index contributed by atoms with van der Waals surface area (Å²) in [5, 5.41) is 3.58. The molecule has 1 aromatic rings. The first-order chi connectivity index (χ1) is 9.38. The van der Waals surface area contributed by atoms with Crippen molar-refractivity contribution in [3.05, 3.63) is 42.5 Å². The lowest BCUT2D eigenvalue weighted by molar-refractivity contribution is 0.342. The van der Waals surface area contributed by atoms with Gasteiger partial charge in [0, 0.05) is 6.54 Å². The van der Waals surface area contributed by atoms with Crippen LogP contribution in [0.5, 0.6) is 5.75 Å². The van der Waals surface area contributed by atoms with Crippen LogP contribution in [-0.4, -0.2) is 13.2 Å². The van der Waals surface area contributed by atoms with Gasteiger partial charge in [0.05, 0.1) is 0 Å². The Morgan fingerprint density at radius 2 is 1.89 bits per heavy atom. The summed E-state index contributed by atoms with van der Waals surface area (Å²) >= 11 is 0. The molecular formula is C17H25NO. The van der Waals surface area contributed by atoms with Gasteiger partial charge in [-0.2, -0.15) is 0 Å². The lowest BCUT2D eigenvalue weighted by atomic mass is 9.89. The van der Waals surface area contributed by atoms with E-state index in [1.54, 1.807) is 6.08 Å². The van der Waals surface area contributed by atoms with Gasteiger partial charge in [0.2, 0.25) is 0 Å². The Morgan fingerprint density at radius 1 is 1.16 bits per heavy atom. The Hall–Kier alpha value is -1.28. The van der Waals surface area contributed by atoms with Crippen molar-refractivity contribution in [2.24, 2.45) is 5.92 Å². The van der Waals surface area contributed by atoms with E-state index in [2.05, 4.69) is 24.0 Å². The Labute approximate surface area is 116 Å². The Balaban J connectivity index is 1.68. The summed E-state index contributed by atoms with van der Waals surface area (Å²) in [5.41, 5.74) is 1.32. The standard InChI is InChI=1S/C17H25NO/c1-2-12-19-17-10-8-16(9-11-17)14-18-13-15-6-4-3-5-7-15/h2,8-11,15,18H,1,3-7,12-14H2. The van der Waals surface area contributed by atoms with Gasteiger partial charge >= 0.3 is 0 Å². The molecule has 0 radical (unpaired) electrons. The average molecular weight is 259 g/mol. The monoisotopic (exact) mass is 259 g/mol. The third-order valence-corrected chi connectivity index (χ3v) is 3.78. The molecule has 1 aliphatic carbocycles. The zero-order valence-corrected chi connectivity index (χ0v) is 11.7. The lowest BCUT2D eigenvalue weighted by Crippen LogP contribution is -2.24. The predicted octanol–water partition coefficient (Wildman–Crippen LogP) is 3.92. The van der Waals surface area contributed by atoms with Gasteiger partial charge in [-0.05, 0) is 43.0 Å². The van der Waals surface area contributed by atoms with E-state index < -0.39 is 0 Å². The minimum Gasteiger partial charge on any atom is -0.490 e. The zero-order chi connectivity index (χ0) is 13.3. The first kappa shape index (κ1) is 14.1. The maximum absolute atomic E-state index is 5.47. The Morgan fingerprint density at radius 3 is 2.58 bits per heavy atom.